The third-order valence-corrected chi connectivity index (χ3v) is 3.71. The van der Waals surface area contributed by atoms with Gasteiger partial charge < -0.3 is 15.2 Å². The van der Waals surface area contributed by atoms with Crippen molar-refractivity contribution in [2.75, 3.05) is 12.3 Å². The first-order chi connectivity index (χ1) is 9.61. The van der Waals surface area contributed by atoms with E-state index in [9.17, 15) is 0 Å². The van der Waals surface area contributed by atoms with Crippen LogP contribution in [0.25, 0.3) is 0 Å². The summed E-state index contributed by atoms with van der Waals surface area (Å²) in [6, 6.07) is 11.2. The Hall–Kier alpha value is -1.20. The molecule has 2 rings (SSSR count). The first-order valence-electron chi connectivity index (χ1n) is 6.26. The number of nitrogens with two attached hydrogens (primary N) is 1. The van der Waals surface area contributed by atoms with Crippen LogP contribution in [0.3, 0.4) is 0 Å². The van der Waals surface area contributed by atoms with E-state index in [2.05, 4.69) is 38.8 Å². The first kappa shape index (κ1) is 15.2. The molecule has 0 atom stereocenters. The van der Waals surface area contributed by atoms with Crippen molar-refractivity contribution in [2.24, 2.45) is 0 Å². The van der Waals surface area contributed by atoms with E-state index in [-0.39, 0.29) is 0 Å². The maximum atomic E-state index is 6.08. The summed E-state index contributed by atoms with van der Waals surface area (Å²) in [5.41, 5.74) is 6.59. The molecule has 106 valence electrons. The lowest BCUT2D eigenvalue weighted by atomic mass is 10.2. The van der Waals surface area contributed by atoms with Crippen LogP contribution in [-0.2, 0) is 0 Å². The third kappa shape index (κ3) is 3.67. The van der Waals surface area contributed by atoms with Gasteiger partial charge in [0.15, 0.2) is 5.75 Å². The van der Waals surface area contributed by atoms with Gasteiger partial charge in [-0.1, -0.05) is 28.9 Å². The normalized spacial score (nSPS) is 10.3. The number of nitrogen functional groups attached to an aromatic ring is 1. The molecule has 0 heterocycles. The molecule has 0 aromatic heterocycles. The van der Waals surface area contributed by atoms with Gasteiger partial charge >= 0.3 is 0 Å². The van der Waals surface area contributed by atoms with Gasteiger partial charge in [0.05, 0.1) is 11.1 Å². The Balaban J connectivity index is 2.24. The smallest absolute Gasteiger partial charge is 0.154 e. The van der Waals surface area contributed by atoms with Crippen LogP contribution >= 0.6 is 31.9 Å². The lowest BCUT2D eigenvalue weighted by Crippen LogP contribution is -2.00. The highest BCUT2D eigenvalue weighted by Gasteiger charge is 2.10. The van der Waals surface area contributed by atoms with E-state index in [1.165, 1.54) is 0 Å². The lowest BCUT2D eigenvalue weighted by Gasteiger charge is -2.13. The molecule has 0 aliphatic rings. The summed E-state index contributed by atoms with van der Waals surface area (Å²) in [5.74, 6) is 1.94. The summed E-state index contributed by atoms with van der Waals surface area (Å²) in [4.78, 5) is 0. The SMILES string of the molecule is CCCOc1cccc(Oc2ccc(Br)cc2Br)c1N. The van der Waals surface area contributed by atoms with Gasteiger partial charge in [-0.15, -0.1) is 0 Å². The molecule has 0 saturated carbocycles. The number of ether oxygens (including phenoxy) is 2. The minimum absolute atomic E-state index is 0.510. The Morgan fingerprint density at radius 3 is 2.50 bits per heavy atom. The zero-order chi connectivity index (χ0) is 14.5. The summed E-state index contributed by atoms with van der Waals surface area (Å²) < 4.78 is 13.3. The molecular weight excluding hydrogens is 386 g/mol. The van der Waals surface area contributed by atoms with Gasteiger partial charge in [-0.3, -0.25) is 0 Å². The molecular formula is C15H15Br2NO2. The molecule has 20 heavy (non-hydrogen) atoms. The van der Waals surface area contributed by atoms with Crippen LogP contribution < -0.4 is 15.2 Å². The van der Waals surface area contributed by atoms with Crippen LogP contribution in [0.2, 0.25) is 0 Å². The molecule has 0 fully saturated rings. The lowest BCUT2D eigenvalue weighted by molar-refractivity contribution is 0.318. The quantitative estimate of drug-likeness (QED) is 0.685. The standard InChI is InChI=1S/C15H15Br2NO2/c1-2-8-19-13-4-3-5-14(15(13)18)20-12-7-6-10(16)9-11(12)17/h3-7,9H,2,8,18H2,1H3. The number of benzene rings is 2. The Labute approximate surface area is 135 Å². The number of anilines is 1. The van der Waals surface area contributed by atoms with E-state index >= 15 is 0 Å². The topological polar surface area (TPSA) is 44.5 Å². The molecule has 0 amide bonds. The number of rotatable bonds is 5. The minimum atomic E-state index is 0.510. The molecule has 3 nitrogen and oxygen atoms in total. The van der Waals surface area contributed by atoms with E-state index < -0.39 is 0 Å². The summed E-state index contributed by atoms with van der Waals surface area (Å²) in [6.45, 7) is 2.69. The van der Waals surface area contributed by atoms with Crippen molar-refractivity contribution in [1.29, 1.82) is 0 Å². The fourth-order valence-corrected chi connectivity index (χ4v) is 2.76. The summed E-state index contributed by atoms with van der Waals surface area (Å²) in [5, 5.41) is 0. The average Bonchev–Trinajstić information content (AvgIpc) is 2.42. The minimum Gasteiger partial charge on any atom is -0.491 e. The molecule has 0 aliphatic heterocycles. The zero-order valence-corrected chi connectivity index (χ0v) is 14.2. The number of halogens is 2. The maximum Gasteiger partial charge on any atom is 0.154 e. The molecule has 2 N–H and O–H groups in total. The summed E-state index contributed by atoms with van der Waals surface area (Å²) in [6.07, 6.45) is 0.933. The highest BCUT2D eigenvalue weighted by Crippen LogP contribution is 2.37. The van der Waals surface area contributed by atoms with Gasteiger partial charge in [0.1, 0.15) is 17.2 Å². The molecule has 0 unspecified atom stereocenters. The van der Waals surface area contributed by atoms with Crippen molar-refractivity contribution >= 4 is 37.5 Å². The van der Waals surface area contributed by atoms with E-state index in [0.29, 0.717) is 29.5 Å². The molecule has 2 aromatic rings. The predicted molar refractivity (Wildman–Crippen MR) is 88.6 cm³/mol. The Kier molecular flexibility index (Phi) is 5.31. The average molecular weight is 401 g/mol. The van der Waals surface area contributed by atoms with Crippen molar-refractivity contribution < 1.29 is 9.47 Å². The van der Waals surface area contributed by atoms with E-state index in [1.54, 1.807) is 0 Å². The van der Waals surface area contributed by atoms with Crippen LogP contribution in [0.1, 0.15) is 13.3 Å². The second-order valence-electron chi connectivity index (χ2n) is 4.19. The van der Waals surface area contributed by atoms with E-state index in [0.717, 1.165) is 15.4 Å². The van der Waals surface area contributed by atoms with Crippen LogP contribution in [0.15, 0.2) is 45.3 Å². The fraction of sp³-hybridized carbons (Fsp3) is 0.200. The highest BCUT2D eigenvalue weighted by atomic mass is 79.9. The van der Waals surface area contributed by atoms with Crippen molar-refractivity contribution in [3.8, 4) is 17.2 Å². The van der Waals surface area contributed by atoms with Crippen molar-refractivity contribution in [3.63, 3.8) is 0 Å². The fourth-order valence-electron chi connectivity index (χ4n) is 1.63. The molecule has 2 aromatic carbocycles. The molecule has 5 heteroatoms. The Morgan fingerprint density at radius 2 is 1.80 bits per heavy atom. The molecule has 0 spiro atoms. The van der Waals surface area contributed by atoms with Crippen LogP contribution in [0, 0.1) is 0 Å². The summed E-state index contributed by atoms with van der Waals surface area (Å²) >= 11 is 6.87. The first-order valence-corrected chi connectivity index (χ1v) is 7.84. The van der Waals surface area contributed by atoms with Gasteiger partial charge in [0, 0.05) is 4.47 Å². The highest BCUT2D eigenvalue weighted by molar-refractivity contribution is 9.11. The van der Waals surface area contributed by atoms with Crippen LogP contribution in [0.5, 0.6) is 17.2 Å². The van der Waals surface area contributed by atoms with Gasteiger partial charge in [-0.2, -0.15) is 0 Å². The molecule has 0 bridgehead atoms. The van der Waals surface area contributed by atoms with E-state index in [4.69, 9.17) is 15.2 Å². The second kappa shape index (κ2) is 6.99. The van der Waals surface area contributed by atoms with Gasteiger partial charge in [-0.25, -0.2) is 0 Å². The molecule has 0 saturated heterocycles. The monoisotopic (exact) mass is 399 g/mol. The Bertz CT molecular complexity index is 602. The largest absolute Gasteiger partial charge is 0.491 e. The zero-order valence-electron chi connectivity index (χ0n) is 11.0. The van der Waals surface area contributed by atoms with Crippen LogP contribution in [0.4, 0.5) is 5.69 Å². The molecule has 0 aliphatic carbocycles. The number of para-hydroxylation sites is 1. The number of hydrogen-bond donors (Lipinski definition) is 1. The van der Waals surface area contributed by atoms with Gasteiger partial charge in [0.2, 0.25) is 0 Å². The van der Waals surface area contributed by atoms with Crippen molar-refractivity contribution in [2.45, 2.75) is 13.3 Å². The second-order valence-corrected chi connectivity index (χ2v) is 5.96. The molecule has 0 radical (unpaired) electrons. The van der Waals surface area contributed by atoms with Gasteiger partial charge in [0.25, 0.3) is 0 Å². The van der Waals surface area contributed by atoms with Crippen molar-refractivity contribution in [1.82, 2.24) is 0 Å². The maximum absolute atomic E-state index is 6.08. The Morgan fingerprint density at radius 1 is 1.05 bits per heavy atom. The predicted octanol–water partition coefficient (Wildman–Crippen LogP) is 5.37. The number of hydrogen-bond acceptors (Lipinski definition) is 3. The summed E-state index contributed by atoms with van der Waals surface area (Å²) in [7, 11) is 0. The van der Waals surface area contributed by atoms with Crippen molar-refractivity contribution in [3.05, 3.63) is 45.3 Å². The van der Waals surface area contributed by atoms with E-state index in [1.807, 2.05) is 36.4 Å². The van der Waals surface area contributed by atoms with Crippen LogP contribution in [-0.4, -0.2) is 6.61 Å². The third-order valence-electron chi connectivity index (χ3n) is 2.60. The van der Waals surface area contributed by atoms with Gasteiger partial charge in [-0.05, 0) is 52.7 Å².